The lowest BCUT2D eigenvalue weighted by Gasteiger charge is -2.04. The SMILES string of the molecule is C#CCCNc1ncc(C(=O)O)cc1[N+](=O)[O-]. The van der Waals surface area contributed by atoms with Crippen molar-refractivity contribution in [2.24, 2.45) is 0 Å². The number of hydrogen-bond donors (Lipinski definition) is 2. The van der Waals surface area contributed by atoms with Crippen LogP contribution in [0.4, 0.5) is 11.5 Å². The maximum Gasteiger partial charge on any atom is 0.337 e. The first-order chi connectivity index (χ1) is 8.06. The summed E-state index contributed by atoms with van der Waals surface area (Å²) in [4.78, 5) is 24.4. The topological polar surface area (TPSA) is 105 Å². The van der Waals surface area contributed by atoms with E-state index in [0.717, 1.165) is 12.3 Å². The number of anilines is 1. The Labute approximate surface area is 96.6 Å². The fourth-order valence-corrected chi connectivity index (χ4v) is 1.10. The lowest BCUT2D eigenvalue weighted by molar-refractivity contribution is -0.384. The average Bonchev–Trinajstić information content (AvgIpc) is 2.29. The number of terminal acetylenes is 1. The van der Waals surface area contributed by atoms with Crippen LogP contribution < -0.4 is 5.32 Å². The summed E-state index contributed by atoms with van der Waals surface area (Å²) in [5.41, 5.74) is -0.624. The van der Waals surface area contributed by atoms with Crippen molar-refractivity contribution in [1.82, 2.24) is 4.98 Å². The van der Waals surface area contributed by atoms with Gasteiger partial charge in [0.25, 0.3) is 0 Å². The molecule has 0 aliphatic heterocycles. The molecular weight excluding hydrogens is 226 g/mol. The summed E-state index contributed by atoms with van der Waals surface area (Å²) < 4.78 is 0. The van der Waals surface area contributed by atoms with E-state index in [-0.39, 0.29) is 17.1 Å². The first-order valence-corrected chi connectivity index (χ1v) is 4.61. The van der Waals surface area contributed by atoms with Crippen LogP contribution in [0, 0.1) is 22.5 Å². The van der Waals surface area contributed by atoms with Crippen LogP contribution >= 0.6 is 0 Å². The predicted octanol–water partition coefficient (Wildman–Crippen LogP) is 1.12. The van der Waals surface area contributed by atoms with Crippen LogP contribution in [0.2, 0.25) is 0 Å². The Morgan fingerprint density at radius 2 is 2.41 bits per heavy atom. The normalized spacial score (nSPS) is 9.35. The number of pyridine rings is 1. The highest BCUT2D eigenvalue weighted by Gasteiger charge is 2.18. The predicted molar refractivity (Wildman–Crippen MR) is 59.8 cm³/mol. The van der Waals surface area contributed by atoms with Gasteiger partial charge in [-0.15, -0.1) is 12.3 Å². The molecule has 0 unspecified atom stereocenters. The van der Waals surface area contributed by atoms with Crippen molar-refractivity contribution in [2.75, 3.05) is 11.9 Å². The van der Waals surface area contributed by atoms with Gasteiger partial charge < -0.3 is 10.4 Å². The monoisotopic (exact) mass is 235 g/mol. The van der Waals surface area contributed by atoms with E-state index < -0.39 is 10.9 Å². The standard InChI is InChI=1S/C10H9N3O4/c1-2-3-4-11-9-8(13(16)17)5-7(6-12-9)10(14)15/h1,5-6H,3-4H2,(H,11,12)(H,14,15). The first kappa shape index (κ1) is 12.4. The van der Waals surface area contributed by atoms with Crippen LogP contribution in [-0.2, 0) is 0 Å². The van der Waals surface area contributed by atoms with E-state index in [0.29, 0.717) is 13.0 Å². The molecule has 0 amide bonds. The van der Waals surface area contributed by atoms with Crippen LogP contribution in [0.1, 0.15) is 16.8 Å². The number of hydrogen-bond acceptors (Lipinski definition) is 5. The first-order valence-electron chi connectivity index (χ1n) is 4.61. The average molecular weight is 235 g/mol. The zero-order valence-electron chi connectivity index (χ0n) is 8.71. The molecule has 0 aromatic carbocycles. The summed E-state index contributed by atoms with van der Waals surface area (Å²) in [7, 11) is 0. The summed E-state index contributed by atoms with van der Waals surface area (Å²) >= 11 is 0. The van der Waals surface area contributed by atoms with Gasteiger partial charge in [0.1, 0.15) is 0 Å². The van der Waals surface area contributed by atoms with Crippen molar-refractivity contribution in [3.8, 4) is 12.3 Å². The Morgan fingerprint density at radius 1 is 1.71 bits per heavy atom. The Morgan fingerprint density at radius 3 is 2.94 bits per heavy atom. The highest BCUT2D eigenvalue weighted by atomic mass is 16.6. The van der Waals surface area contributed by atoms with Crippen LogP contribution in [0.25, 0.3) is 0 Å². The number of carboxylic acids is 1. The van der Waals surface area contributed by atoms with E-state index in [2.05, 4.69) is 16.2 Å². The van der Waals surface area contributed by atoms with Gasteiger partial charge in [-0.05, 0) is 0 Å². The molecule has 7 nitrogen and oxygen atoms in total. The van der Waals surface area contributed by atoms with E-state index in [1.54, 1.807) is 0 Å². The number of nitrogens with one attached hydrogen (secondary N) is 1. The maximum absolute atomic E-state index is 10.7. The lowest BCUT2D eigenvalue weighted by Crippen LogP contribution is -2.07. The van der Waals surface area contributed by atoms with Gasteiger partial charge in [0.2, 0.25) is 5.82 Å². The zero-order valence-corrected chi connectivity index (χ0v) is 8.71. The van der Waals surface area contributed by atoms with Crippen LogP contribution in [-0.4, -0.2) is 27.5 Å². The lowest BCUT2D eigenvalue weighted by atomic mass is 10.2. The van der Waals surface area contributed by atoms with E-state index in [4.69, 9.17) is 11.5 Å². The molecule has 0 aliphatic carbocycles. The highest BCUT2D eigenvalue weighted by molar-refractivity contribution is 5.88. The summed E-state index contributed by atoms with van der Waals surface area (Å²) in [6.07, 6.45) is 6.47. The van der Waals surface area contributed by atoms with Crippen molar-refractivity contribution in [3.05, 3.63) is 27.9 Å². The van der Waals surface area contributed by atoms with Gasteiger partial charge in [-0.3, -0.25) is 10.1 Å². The number of nitrogens with zero attached hydrogens (tertiary/aromatic N) is 2. The zero-order chi connectivity index (χ0) is 12.8. The maximum atomic E-state index is 10.7. The third kappa shape index (κ3) is 3.17. The molecule has 0 saturated carbocycles. The van der Waals surface area contributed by atoms with Gasteiger partial charge in [-0.2, -0.15) is 0 Å². The molecule has 0 radical (unpaired) electrons. The Kier molecular flexibility index (Phi) is 4.00. The number of carbonyl (C=O) groups is 1. The molecular formula is C10H9N3O4. The highest BCUT2D eigenvalue weighted by Crippen LogP contribution is 2.22. The van der Waals surface area contributed by atoms with Crippen LogP contribution in [0.15, 0.2) is 12.3 Å². The van der Waals surface area contributed by atoms with Crippen molar-refractivity contribution in [3.63, 3.8) is 0 Å². The molecule has 17 heavy (non-hydrogen) atoms. The second kappa shape index (κ2) is 5.46. The van der Waals surface area contributed by atoms with E-state index in [9.17, 15) is 14.9 Å². The van der Waals surface area contributed by atoms with Gasteiger partial charge >= 0.3 is 11.7 Å². The molecule has 0 saturated heterocycles. The molecule has 0 spiro atoms. The quantitative estimate of drug-likeness (QED) is 0.343. The fraction of sp³-hybridized carbons (Fsp3) is 0.200. The Hall–Kier alpha value is -2.62. The molecule has 0 fully saturated rings. The van der Waals surface area contributed by atoms with Crippen molar-refractivity contribution in [1.29, 1.82) is 0 Å². The third-order valence-corrected chi connectivity index (χ3v) is 1.87. The largest absolute Gasteiger partial charge is 0.478 e. The number of rotatable bonds is 5. The molecule has 1 heterocycles. The van der Waals surface area contributed by atoms with Gasteiger partial charge in [-0.25, -0.2) is 9.78 Å². The Balaban J connectivity index is 3.01. The number of aromatic nitrogens is 1. The molecule has 0 atom stereocenters. The summed E-state index contributed by atoms with van der Waals surface area (Å²) in [5, 5.41) is 22.1. The minimum absolute atomic E-state index is 0.00949. The van der Waals surface area contributed by atoms with Crippen LogP contribution in [0.5, 0.6) is 0 Å². The third-order valence-electron chi connectivity index (χ3n) is 1.87. The van der Waals surface area contributed by atoms with E-state index >= 15 is 0 Å². The summed E-state index contributed by atoms with van der Waals surface area (Å²) in [6, 6.07) is 0.952. The molecule has 1 rings (SSSR count). The summed E-state index contributed by atoms with van der Waals surface area (Å²) in [6.45, 7) is 0.330. The molecule has 7 heteroatoms. The molecule has 1 aromatic heterocycles. The minimum Gasteiger partial charge on any atom is -0.478 e. The van der Waals surface area contributed by atoms with Gasteiger partial charge in [0.15, 0.2) is 0 Å². The van der Waals surface area contributed by atoms with Gasteiger partial charge in [0, 0.05) is 25.2 Å². The summed E-state index contributed by atoms with van der Waals surface area (Å²) in [5.74, 6) is 1.10. The number of aromatic carboxylic acids is 1. The number of nitro groups is 1. The molecule has 0 aliphatic rings. The van der Waals surface area contributed by atoms with Gasteiger partial charge in [-0.1, -0.05) is 0 Å². The molecule has 88 valence electrons. The van der Waals surface area contributed by atoms with Crippen molar-refractivity contribution < 1.29 is 14.8 Å². The van der Waals surface area contributed by atoms with Gasteiger partial charge in [0.05, 0.1) is 10.5 Å². The minimum atomic E-state index is -1.27. The second-order valence-electron chi connectivity index (χ2n) is 3.03. The van der Waals surface area contributed by atoms with E-state index in [1.807, 2.05) is 0 Å². The second-order valence-corrected chi connectivity index (χ2v) is 3.03. The molecule has 0 bridgehead atoms. The van der Waals surface area contributed by atoms with Crippen molar-refractivity contribution >= 4 is 17.5 Å². The van der Waals surface area contributed by atoms with Crippen LogP contribution in [0.3, 0.4) is 0 Å². The van der Waals surface area contributed by atoms with Crippen molar-refractivity contribution in [2.45, 2.75) is 6.42 Å². The molecule has 1 aromatic rings. The Bertz CT molecular complexity index is 493. The van der Waals surface area contributed by atoms with E-state index in [1.165, 1.54) is 0 Å². The fourth-order valence-electron chi connectivity index (χ4n) is 1.10. The number of carboxylic acid groups (broad SMARTS) is 1. The molecule has 2 N–H and O–H groups in total. The smallest absolute Gasteiger partial charge is 0.337 e.